The molecule has 1 aromatic carbocycles. The van der Waals surface area contributed by atoms with Crippen LogP contribution < -0.4 is 5.90 Å². The first-order chi connectivity index (χ1) is 8.05. The lowest BCUT2D eigenvalue weighted by atomic mass is 10.2. The molecule has 7 heteroatoms. The van der Waals surface area contributed by atoms with Crippen LogP contribution in [0.15, 0.2) is 23.1 Å². The van der Waals surface area contributed by atoms with E-state index in [-0.39, 0.29) is 29.7 Å². The first-order valence-corrected chi connectivity index (χ1v) is 6.90. The van der Waals surface area contributed by atoms with Gasteiger partial charge in [0.05, 0.1) is 29.7 Å². The highest BCUT2D eigenvalue weighted by atomic mass is 35.5. The zero-order valence-corrected chi connectivity index (χ0v) is 10.5. The molecular formula is C10H12ClNO4S. The van der Waals surface area contributed by atoms with Gasteiger partial charge in [0, 0.05) is 0 Å². The predicted octanol–water partition coefficient (Wildman–Crippen LogP) is 0.903. The van der Waals surface area contributed by atoms with Gasteiger partial charge in [-0.3, -0.25) is 4.84 Å². The fourth-order valence-electron chi connectivity index (χ4n) is 1.53. The number of rotatable bonds is 4. The first kappa shape index (κ1) is 12.8. The number of hydrogen-bond acceptors (Lipinski definition) is 5. The van der Waals surface area contributed by atoms with E-state index >= 15 is 0 Å². The lowest BCUT2D eigenvalue weighted by molar-refractivity contribution is 0.0416. The third-order valence-electron chi connectivity index (χ3n) is 2.60. The predicted molar refractivity (Wildman–Crippen MR) is 62.2 cm³/mol. The molecule has 1 aliphatic rings. The molecule has 2 N–H and O–H groups in total. The van der Waals surface area contributed by atoms with Crippen molar-refractivity contribution in [1.82, 2.24) is 0 Å². The zero-order valence-electron chi connectivity index (χ0n) is 8.93. The van der Waals surface area contributed by atoms with E-state index in [1.165, 1.54) is 6.07 Å². The van der Waals surface area contributed by atoms with Gasteiger partial charge < -0.3 is 4.74 Å². The van der Waals surface area contributed by atoms with Crippen LogP contribution in [0.25, 0.3) is 0 Å². The third kappa shape index (κ3) is 2.46. The molecule has 0 saturated carbocycles. The Morgan fingerprint density at radius 3 is 2.65 bits per heavy atom. The van der Waals surface area contributed by atoms with Crippen LogP contribution in [0.4, 0.5) is 0 Å². The number of nitrogens with two attached hydrogens (primary N) is 1. The summed E-state index contributed by atoms with van der Waals surface area (Å²) in [4.78, 5) is 4.59. The van der Waals surface area contributed by atoms with Gasteiger partial charge in [-0.1, -0.05) is 17.7 Å². The van der Waals surface area contributed by atoms with Crippen molar-refractivity contribution < 1.29 is 18.0 Å². The van der Waals surface area contributed by atoms with E-state index in [1.807, 2.05) is 0 Å². The third-order valence-corrected chi connectivity index (χ3v) is 5.14. The Kier molecular flexibility index (Phi) is 3.70. The average Bonchev–Trinajstić information content (AvgIpc) is 2.13. The Labute approximate surface area is 104 Å². The van der Waals surface area contributed by atoms with Crippen LogP contribution >= 0.6 is 11.6 Å². The molecule has 0 unspecified atom stereocenters. The molecule has 1 heterocycles. The molecule has 0 aliphatic carbocycles. The fraction of sp³-hybridized carbons (Fsp3) is 0.400. The molecule has 1 fully saturated rings. The largest absolute Gasteiger partial charge is 0.379 e. The van der Waals surface area contributed by atoms with Crippen molar-refractivity contribution in [3.05, 3.63) is 28.8 Å². The second-order valence-electron chi connectivity index (χ2n) is 3.78. The first-order valence-electron chi connectivity index (χ1n) is 4.97. The molecule has 1 aliphatic heterocycles. The lowest BCUT2D eigenvalue weighted by Gasteiger charge is -2.26. The Bertz CT molecular complexity index is 513. The standard InChI is InChI=1S/C10H12ClNO4S/c11-9-3-7(4-16-12)1-2-10(9)17(13,14)8-5-15-6-8/h1-3,8H,4-6,12H2. The molecule has 1 aromatic rings. The van der Waals surface area contributed by atoms with Gasteiger partial charge in [0.1, 0.15) is 5.25 Å². The minimum atomic E-state index is -3.39. The number of halogens is 1. The fourth-order valence-corrected chi connectivity index (χ4v) is 3.56. The molecule has 5 nitrogen and oxygen atoms in total. The molecule has 0 atom stereocenters. The number of hydrogen-bond donors (Lipinski definition) is 1. The Morgan fingerprint density at radius 1 is 1.47 bits per heavy atom. The van der Waals surface area contributed by atoms with Gasteiger partial charge in [0.15, 0.2) is 9.84 Å². The van der Waals surface area contributed by atoms with Gasteiger partial charge in [0.25, 0.3) is 0 Å². The summed E-state index contributed by atoms with van der Waals surface area (Å²) in [6, 6.07) is 4.65. The molecule has 0 radical (unpaired) electrons. The summed E-state index contributed by atoms with van der Waals surface area (Å²) in [6.45, 7) is 0.644. The minimum absolute atomic E-state index is 0.133. The molecule has 0 aromatic heterocycles. The van der Waals surface area contributed by atoms with Crippen LogP contribution in [0, 0.1) is 0 Å². The van der Waals surface area contributed by atoms with E-state index in [0.29, 0.717) is 0 Å². The summed E-state index contributed by atoms with van der Waals surface area (Å²) in [7, 11) is -3.39. The minimum Gasteiger partial charge on any atom is -0.379 e. The van der Waals surface area contributed by atoms with Crippen molar-refractivity contribution in [3.63, 3.8) is 0 Å². The molecule has 1 saturated heterocycles. The highest BCUT2D eigenvalue weighted by Crippen LogP contribution is 2.28. The van der Waals surface area contributed by atoms with E-state index in [4.69, 9.17) is 22.2 Å². The molecule has 0 spiro atoms. The molecule has 17 heavy (non-hydrogen) atoms. The summed E-state index contributed by atoms with van der Waals surface area (Å²) >= 11 is 5.96. The van der Waals surface area contributed by atoms with Crippen LogP contribution in [0.5, 0.6) is 0 Å². The maximum Gasteiger partial charge on any atom is 0.187 e. The quantitative estimate of drug-likeness (QED) is 0.828. The van der Waals surface area contributed by atoms with Crippen molar-refractivity contribution in [2.45, 2.75) is 16.8 Å². The topological polar surface area (TPSA) is 78.6 Å². The van der Waals surface area contributed by atoms with Crippen LogP contribution in [0.2, 0.25) is 5.02 Å². The molecule has 2 rings (SSSR count). The highest BCUT2D eigenvalue weighted by Gasteiger charge is 2.35. The highest BCUT2D eigenvalue weighted by molar-refractivity contribution is 7.92. The normalized spacial score (nSPS) is 16.8. The van der Waals surface area contributed by atoms with E-state index in [9.17, 15) is 8.42 Å². The van der Waals surface area contributed by atoms with E-state index < -0.39 is 15.1 Å². The van der Waals surface area contributed by atoms with Crippen LogP contribution in [0.3, 0.4) is 0 Å². The maximum absolute atomic E-state index is 12.1. The van der Waals surface area contributed by atoms with Gasteiger partial charge in [-0.25, -0.2) is 14.3 Å². The molecular weight excluding hydrogens is 266 g/mol. The van der Waals surface area contributed by atoms with Crippen molar-refractivity contribution in [2.75, 3.05) is 13.2 Å². The Hall–Kier alpha value is -0.660. The van der Waals surface area contributed by atoms with Crippen LogP contribution in [-0.4, -0.2) is 26.9 Å². The summed E-state index contributed by atoms with van der Waals surface area (Å²) in [6.07, 6.45) is 0. The van der Waals surface area contributed by atoms with Gasteiger partial charge in [-0.15, -0.1) is 0 Å². The van der Waals surface area contributed by atoms with Gasteiger partial charge in [-0.05, 0) is 17.7 Å². The average molecular weight is 278 g/mol. The summed E-state index contributed by atoms with van der Waals surface area (Å²) < 4.78 is 29.1. The second kappa shape index (κ2) is 4.91. The Morgan fingerprint density at radius 2 is 2.18 bits per heavy atom. The molecule has 0 amide bonds. The number of sulfone groups is 1. The Balaban J connectivity index is 2.33. The number of ether oxygens (including phenoxy) is 1. The van der Waals surface area contributed by atoms with Crippen molar-refractivity contribution in [3.8, 4) is 0 Å². The van der Waals surface area contributed by atoms with Gasteiger partial charge >= 0.3 is 0 Å². The monoisotopic (exact) mass is 277 g/mol. The maximum atomic E-state index is 12.1. The van der Waals surface area contributed by atoms with Crippen molar-refractivity contribution >= 4 is 21.4 Å². The summed E-state index contributed by atoms with van der Waals surface area (Å²) in [5.74, 6) is 4.94. The van der Waals surface area contributed by atoms with Crippen molar-refractivity contribution in [2.24, 2.45) is 5.90 Å². The smallest absolute Gasteiger partial charge is 0.187 e. The molecule has 94 valence electrons. The second-order valence-corrected chi connectivity index (χ2v) is 6.38. The van der Waals surface area contributed by atoms with E-state index in [2.05, 4.69) is 4.84 Å². The summed E-state index contributed by atoms with van der Waals surface area (Å²) in [5.41, 5.74) is 0.723. The molecule has 0 bridgehead atoms. The van der Waals surface area contributed by atoms with E-state index in [0.717, 1.165) is 5.56 Å². The van der Waals surface area contributed by atoms with Gasteiger partial charge in [-0.2, -0.15) is 0 Å². The van der Waals surface area contributed by atoms with Crippen LogP contribution in [0.1, 0.15) is 5.56 Å². The van der Waals surface area contributed by atoms with Crippen molar-refractivity contribution in [1.29, 1.82) is 0 Å². The SMILES string of the molecule is NOCc1ccc(S(=O)(=O)C2COC2)c(Cl)c1. The number of benzene rings is 1. The summed E-state index contributed by atoms with van der Waals surface area (Å²) in [5, 5.41) is -0.303. The zero-order chi connectivity index (χ0) is 12.5. The van der Waals surface area contributed by atoms with Gasteiger partial charge in [0.2, 0.25) is 0 Å². The van der Waals surface area contributed by atoms with Crippen LogP contribution in [-0.2, 0) is 26.0 Å². The van der Waals surface area contributed by atoms with E-state index in [1.54, 1.807) is 12.1 Å². The lowest BCUT2D eigenvalue weighted by Crippen LogP contribution is -2.40.